The summed E-state index contributed by atoms with van der Waals surface area (Å²) in [5.74, 6) is -1.77. The lowest BCUT2D eigenvalue weighted by Gasteiger charge is -2.06. The summed E-state index contributed by atoms with van der Waals surface area (Å²) in [7, 11) is 0. The molecule has 0 aliphatic heterocycles. The van der Waals surface area contributed by atoms with Gasteiger partial charge in [0.05, 0.1) is 5.69 Å². The molecule has 0 saturated carbocycles. The fraction of sp³-hybridized carbons (Fsp3) is 0.125. The number of ether oxygens (including phenoxy) is 1. The lowest BCUT2D eigenvalue weighted by Crippen LogP contribution is -2.13. The predicted molar refractivity (Wildman–Crippen MR) is 87.9 cm³/mol. The minimum Gasteiger partial charge on any atom is -0.476 e. The average Bonchev–Trinajstić information content (AvgIpc) is 3.21. The summed E-state index contributed by atoms with van der Waals surface area (Å²) in [6.45, 7) is 1.20. The maximum Gasteiger partial charge on any atom is 0.433 e. The standard InChI is InChI=1S/C16H10F3N3O4S/c1-8(23)26-10-4-2-3-9(5-10)11-6-13(16(17,18)19)22(21-11)15-20-12(7-27-15)14(24)25/h2-7H,1H3,(H,24,25). The molecule has 7 nitrogen and oxygen atoms in total. The average molecular weight is 397 g/mol. The summed E-state index contributed by atoms with van der Waals surface area (Å²) in [5.41, 5.74) is -1.24. The van der Waals surface area contributed by atoms with Gasteiger partial charge in [-0.2, -0.15) is 18.3 Å². The summed E-state index contributed by atoms with van der Waals surface area (Å²) in [4.78, 5) is 25.6. The Morgan fingerprint density at radius 1 is 1.26 bits per heavy atom. The van der Waals surface area contributed by atoms with Crippen molar-refractivity contribution in [1.29, 1.82) is 0 Å². The van der Waals surface area contributed by atoms with E-state index in [0.717, 1.165) is 22.8 Å². The zero-order chi connectivity index (χ0) is 19.8. The third-order valence-corrected chi connectivity index (χ3v) is 4.10. The molecule has 2 heterocycles. The van der Waals surface area contributed by atoms with E-state index in [1.807, 2.05) is 0 Å². The van der Waals surface area contributed by atoms with E-state index in [0.29, 0.717) is 4.68 Å². The number of aromatic nitrogens is 3. The number of nitrogens with zero attached hydrogens (tertiary/aromatic N) is 3. The topological polar surface area (TPSA) is 94.3 Å². The third kappa shape index (κ3) is 3.97. The molecule has 1 aromatic carbocycles. The van der Waals surface area contributed by atoms with Crippen LogP contribution in [0.1, 0.15) is 23.1 Å². The molecule has 27 heavy (non-hydrogen) atoms. The van der Waals surface area contributed by atoms with E-state index in [9.17, 15) is 22.8 Å². The Balaban J connectivity index is 2.09. The largest absolute Gasteiger partial charge is 0.476 e. The van der Waals surface area contributed by atoms with Gasteiger partial charge < -0.3 is 9.84 Å². The lowest BCUT2D eigenvalue weighted by atomic mass is 10.1. The number of hydrogen-bond donors (Lipinski definition) is 1. The highest BCUT2D eigenvalue weighted by Crippen LogP contribution is 2.35. The summed E-state index contributed by atoms with van der Waals surface area (Å²) < 4.78 is 45.7. The number of benzene rings is 1. The molecule has 3 rings (SSSR count). The van der Waals surface area contributed by atoms with Gasteiger partial charge in [0, 0.05) is 17.9 Å². The number of thiazole rings is 1. The van der Waals surface area contributed by atoms with Gasteiger partial charge >= 0.3 is 18.1 Å². The molecule has 0 atom stereocenters. The van der Waals surface area contributed by atoms with Crippen LogP contribution in [-0.4, -0.2) is 31.8 Å². The zero-order valence-electron chi connectivity index (χ0n) is 13.5. The summed E-state index contributed by atoms with van der Waals surface area (Å²) in [6.07, 6.45) is -4.74. The molecule has 0 fully saturated rings. The van der Waals surface area contributed by atoms with Gasteiger partial charge in [-0.3, -0.25) is 4.79 Å². The highest BCUT2D eigenvalue weighted by atomic mass is 32.1. The first-order valence-corrected chi connectivity index (χ1v) is 8.18. The van der Waals surface area contributed by atoms with Crippen molar-refractivity contribution in [1.82, 2.24) is 14.8 Å². The quantitative estimate of drug-likeness (QED) is 0.534. The van der Waals surface area contributed by atoms with Crippen LogP contribution in [-0.2, 0) is 11.0 Å². The van der Waals surface area contributed by atoms with Gasteiger partial charge in [0.25, 0.3) is 0 Å². The van der Waals surface area contributed by atoms with Crippen LogP contribution in [0.5, 0.6) is 5.75 Å². The minimum atomic E-state index is -4.74. The number of carbonyl (C=O) groups is 2. The smallest absolute Gasteiger partial charge is 0.433 e. The van der Waals surface area contributed by atoms with E-state index in [-0.39, 0.29) is 27.8 Å². The van der Waals surface area contributed by atoms with E-state index in [1.165, 1.54) is 31.2 Å². The normalized spacial score (nSPS) is 11.4. The number of rotatable bonds is 4. The molecule has 11 heteroatoms. The van der Waals surface area contributed by atoms with Crippen LogP contribution in [0, 0.1) is 0 Å². The van der Waals surface area contributed by atoms with Gasteiger partial charge in [-0.1, -0.05) is 12.1 Å². The molecule has 3 aromatic rings. The molecular weight excluding hydrogens is 387 g/mol. The zero-order valence-corrected chi connectivity index (χ0v) is 14.3. The van der Waals surface area contributed by atoms with Crippen LogP contribution in [0.3, 0.4) is 0 Å². The Hall–Kier alpha value is -3.21. The number of carboxylic acids is 1. The summed E-state index contributed by atoms with van der Waals surface area (Å²) >= 11 is 0.721. The predicted octanol–water partition coefficient (Wildman–Crippen LogP) is 3.64. The highest BCUT2D eigenvalue weighted by molar-refractivity contribution is 7.12. The molecule has 1 N–H and O–H groups in total. The molecule has 140 valence electrons. The molecule has 0 aliphatic rings. The second-order valence-corrected chi connectivity index (χ2v) is 6.10. The Morgan fingerprint density at radius 2 is 2.00 bits per heavy atom. The van der Waals surface area contributed by atoms with Crippen molar-refractivity contribution in [3.63, 3.8) is 0 Å². The van der Waals surface area contributed by atoms with E-state index >= 15 is 0 Å². The SMILES string of the molecule is CC(=O)Oc1cccc(-c2cc(C(F)(F)F)n(-c3nc(C(=O)O)cs3)n2)c1. The van der Waals surface area contributed by atoms with Crippen molar-refractivity contribution < 1.29 is 32.6 Å². The number of hydrogen-bond acceptors (Lipinski definition) is 6. The summed E-state index contributed by atoms with van der Waals surface area (Å²) in [5, 5.41) is 13.7. The summed E-state index contributed by atoms with van der Waals surface area (Å²) in [6, 6.07) is 6.68. The maximum atomic E-state index is 13.4. The van der Waals surface area contributed by atoms with Gasteiger partial charge in [0.1, 0.15) is 5.75 Å². The van der Waals surface area contributed by atoms with Crippen LogP contribution in [0.15, 0.2) is 35.7 Å². The molecule has 2 aromatic heterocycles. The Kier molecular flexibility index (Phi) is 4.70. The molecule has 0 spiro atoms. The molecule has 0 unspecified atom stereocenters. The molecule has 0 radical (unpaired) electrons. The van der Waals surface area contributed by atoms with Crippen LogP contribution in [0.2, 0.25) is 0 Å². The number of carboxylic acid groups (broad SMARTS) is 1. The molecule has 0 bridgehead atoms. The Labute approximate surface area is 153 Å². The van der Waals surface area contributed by atoms with Crippen molar-refractivity contribution in [2.45, 2.75) is 13.1 Å². The van der Waals surface area contributed by atoms with Crippen LogP contribution >= 0.6 is 11.3 Å². The first kappa shape index (κ1) is 18.6. The van der Waals surface area contributed by atoms with Gasteiger partial charge in [0.2, 0.25) is 5.13 Å². The molecule has 0 amide bonds. The second kappa shape index (κ2) is 6.83. The highest BCUT2D eigenvalue weighted by Gasteiger charge is 2.37. The number of alkyl halides is 3. The fourth-order valence-corrected chi connectivity index (χ4v) is 2.98. The van der Waals surface area contributed by atoms with E-state index in [1.54, 1.807) is 0 Å². The first-order chi connectivity index (χ1) is 12.6. The van der Waals surface area contributed by atoms with Gasteiger partial charge in [-0.05, 0) is 18.2 Å². The van der Waals surface area contributed by atoms with Crippen molar-refractivity contribution >= 4 is 23.3 Å². The van der Waals surface area contributed by atoms with Crippen molar-refractivity contribution in [2.75, 3.05) is 0 Å². The van der Waals surface area contributed by atoms with Crippen molar-refractivity contribution in [2.24, 2.45) is 0 Å². The number of halogens is 3. The molecular formula is C16H10F3N3O4S. The third-order valence-electron chi connectivity index (χ3n) is 3.28. The van der Waals surface area contributed by atoms with Crippen LogP contribution in [0.25, 0.3) is 16.4 Å². The van der Waals surface area contributed by atoms with Gasteiger partial charge in [-0.15, -0.1) is 11.3 Å². The van der Waals surface area contributed by atoms with Gasteiger partial charge in [-0.25, -0.2) is 14.5 Å². The van der Waals surface area contributed by atoms with Gasteiger partial charge in [0.15, 0.2) is 11.4 Å². The molecule has 0 aliphatic carbocycles. The van der Waals surface area contributed by atoms with E-state index in [2.05, 4.69) is 10.1 Å². The monoisotopic (exact) mass is 397 g/mol. The van der Waals surface area contributed by atoms with Crippen LogP contribution < -0.4 is 4.74 Å². The fourth-order valence-electron chi connectivity index (χ4n) is 2.21. The first-order valence-electron chi connectivity index (χ1n) is 7.30. The van der Waals surface area contributed by atoms with Crippen molar-refractivity contribution in [3.05, 3.63) is 47.1 Å². The number of aromatic carboxylic acids is 1. The Morgan fingerprint density at radius 3 is 2.59 bits per heavy atom. The molecule has 0 saturated heterocycles. The van der Waals surface area contributed by atoms with Crippen molar-refractivity contribution in [3.8, 4) is 22.1 Å². The Bertz CT molecular complexity index is 1030. The van der Waals surface area contributed by atoms with Crippen LogP contribution in [0.4, 0.5) is 13.2 Å². The second-order valence-electron chi connectivity index (χ2n) is 5.27. The number of carbonyl (C=O) groups excluding carboxylic acids is 1. The number of esters is 1. The van der Waals surface area contributed by atoms with E-state index < -0.39 is 23.8 Å². The van der Waals surface area contributed by atoms with E-state index in [4.69, 9.17) is 9.84 Å². The maximum absolute atomic E-state index is 13.4. The lowest BCUT2D eigenvalue weighted by molar-refractivity contribution is -0.142. The minimum absolute atomic E-state index is 0.0385.